The van der Waals surface area contributed by atoms with Crippen molar-refractivity contribution in [2.45, 2.75) is 26.7 Å². The third-order valence-corrected chi connectivity index (χ3v) is 4.27. The van der Waals surface area contributed by atoms with Crippen LogP contribution in [0.3, 0.4) is 0 Å². The number of aryl methyl sites for hydroxylation is 2. The quantitative estimate of drug-likeness (QED) is 0.901. The molecule has 0 unspecified atom stereocenters. The number of rotatable bonds is 4. The molecular weight excluding hydrogens is 288 g/mol. The maximum Gasteiger partial charge on any atom is 0.337 e. The molecule has 0 spiro atoms. The molecule has 118 valence electrons. The Balaban J connectivity index is 1.86. The van der Waals surface area contributed by atoms with Crippen LogP contribution in [0, 0.1) is 13.8 Å². The predicted molar refractivity (Wildman–Crippen MR) is 91.9 cm³/mol. The molecule has 3 rings (SSSR count). The van der Waals surface area contributed by atoms with Gasteiger partial charge in [-0.2, -0.15) is 0 Å². The van der Waals surface area contributed by atoms with E-state index in [4.69, 9.17) is 0 Å². The first-order valence-corrected chi connectivity index (χ1v) is 7.77. The molecule has 0 saturated carbocycles. The van der Waals surface area contributed by atoms with Crippen molar-refractivity contribution >= 4 is 17.2 Å². The van der Waals surface area contributed by atoms with Gasteiger partial charge in [-0.25, -0.2) is 4.79 Å². The van der Waals surface area contributed by atoms with E-state index in [0.717, 1.165) is 12.8 Å². The lowest BCUT2D eigenvalue weighted by molar-refractivity contribution is 0.0698. The lowest BCUT2D eigenvalue weighted by Gasteiger charge is -2.21. The van der Waals surface area contributed by atoms with Crippen LogP contribution in [0.15, 0.2) is 36.7 Å². The van der Waals surface area contributed by atoms with Gasteiger partial charge in [0.1, 0.15) is 0 Å². The molecule has 1 heterocycles. The summed E-state index contributed by atoms with van der Waals surface area (Å²) < 4.78 is 0. The van der Waals surface area contributed by atoms with Gasteiger partial charge < -0.3 is 10.4 Å². The van der Waals surface area contributed by atoms with Crippen molar-refractivity contribution in [3.63, 3.8) is 0 Å². The molecule has 2 aromatic rings. The molecule has 0 saturated heterocycles. The average molecular weight is 308 g/mol. The first-order valence-electron chi connectivity index (χ1n) is 7.77. The van der Waals surface area contributed by atoms with Crippen LogP contribution in [0.5, 0.6) is 0 Å². The third kappa shape index (κ3) is 3.11. The van der Waals surface area contributed by atoms with Crippen molar-refractivity contribution < 1.29 is 9.90 Å². The zero-order chi connectivity index (χ0) is 16.4. The second kappa shape index (κ2) is 6.24. The Morgan fingerprint density at radius 1 is 1.35 bits per heavy atom. The molecule has 4 nitrogen and oxygen atoms in total. The summed E-state index contributed by atoms with van der Waals surface area (Å²) >= 11 is 0. The van der Waals surface area contributed by atoms with Gasteiger partial charge in [0.25, 0.3) is 0 Å². The number of hydrogen-bond acceptors (Lipinski definition) is 3. The molecule has 0 amide bonds. The largest absolute Gasteiger partial charge is 0.478 e. The minimum atomic E-state index is -0.945. The van der Waals surface area contributed by atoms with Gasteiger partial charge in [-0.15, -0.1) is 0 Å². The number of pyridine rings is 1. The second-order valence-corrected chi connectivity index (χ2v) is 5.96. The standard InChI is InChI=1S/C19H20N2O2/c1-12-8-13(2)15-5-3-4-14(17(15)9-12)10-21-18-11-20-7-6-16(18)19(22)23/h4,6-9,11,21H,3,5,10H2,1-2H3,(H,22,23). The van der Waals surface area contributed by atoms with Crippen LogP contribution in [0.1, 0.15) is 39.0 Å². The topological polar surface area (TPSA) is 62.2 Å². The third-order valence-electron chi connectivity index (χ3n) is 4.27. The molecule has 1 aliphatic carbocycles. The maximum atomic E-state index is 11.3. The Labute approximate surface area is 135 Å². The molecule has 1 aliphatic rings. The number of carboxylic acid groups (broad SMARTS) is 1. The molecule has 23 heavy (non-hydrogen) atoms. The highest BCUT2D eigenvalue weighted by Gasteiger charge is 2.16. The number of fused-ring (bicyclic) bond motifs is 1. The molecule has 4 heteroatoms. The highest BCUT2D eigenvalue weighted by Crippen LogP contribution is 2.30. The van der Waals surface area contributed by atoms with E-state index in [-0.39, 0.29) is 5.56 Å². The molecule has 0 radical (unpaired) electrons. The van der Waals surface area contributed by atoms with E-state index in [2.05, 4.69) is 42.4 Å². The van der Waals surface area contributed by atoms with Crippen LogP contribution in [0.2, 0.25) is 0 Å². The lowest BCUT2D eigenvalue weighted by atomic mass is 9.86. The van der Waals surface area contributed by atoms with E-state index in [9.17, 15) is 9.90 Å². The minimum Gasteiger partial charge on any atom is -0.478 e. The molecular formula is C19H20N2O2. The Hall–Kier alpha value is -2.62. The lowest BCUT2D eigenvalue weighted by Crippen LogP contribution is -2.13. The van der Waals surface area contributed by atoms with Gasteiger partial charge in [0.15, 0.2) is 0 Å². The summed E-state index contributed by atoms with van der Waals surface area (Å²) in [4.78, 5) is 15.3. The molecule has 0 aliphatic heterocycles. The van der Waals surface area contributed by atoms with E-state index in [1.165, 1.54) is 40.1 Å². The normalized spacial score (nSPS) is 13.2. The fourth-order valence-corrected chi connectivity index (χ4v) is 3.20. The van der Waals surface area contributed by atoms with Gasteiger partial charge in [-0.3, -0.25) is 4.98 Å². The number of anilines is 1. The van der Waals surface area contributed by atoms with Crippen molar-refractivity contribution in [1.29, 1.82) is 0 Å². The Kier molecular flexibility index (Phi) is 4.15. The number of aromatic nitrogens is 1. The molecule has 2 N–H and O–H groups in total. The molecule has 1 aromatic heterocycles. The second-order valence-electron chi connectivity index (χ2n) is 5.96. The first kappa shape index (κ1) is 15.3. The molecule has 0 fully saturated rings. The molecule has 1 aromatic carbocycles. The number of carboxylic acids is 1. The van der Waals surface area contributed by atoms with Crippen molar-refractivity contribution in [3.05, 3.63) is 64.5 Å². The minimum absolute atomic E-state index is 0.247. The van der Waals surface area contributed by atoms with Crippen molar-refractivity contribution in [2.75, 3.05) is 11.9 Å². The van der Waals surface area contributed by atoms with E-state index in [1.807, 2.05) is 0 Å². The van der Waals surface area contributed by atoms with Gasteiger partial charge in [-0.1, -0.05) is 23.8 Å². The van der Waals surface area contributed by atoms with Crippen LogP contribution < -0.4 is 5.32 Å². The number of nitrogens with zero attached hydrogens (tertiary/aromatic N) is 1. The summed E-state index contributed by atoms with van der Waals surface area (Å²) in [6, 6.07) is 5.96. The summed E-state index contributed by atoms with van der Waals surface area (Å²) in [7, 11) is 0. The van der Waals surface area contributed by atoms with Crippen LogP contribution in [0.25, 0.3) is 5.57 Å². The Morgan fingerprint density at radius 3 is 2.96 bits per heavy atom. The summed E-state index contributed by atoms with van der Waals surface area (Å²) in [6.45, 7) is 4.87. The Bertz CT molecular complexity index is 794. The van der Waals surface area contributed by atoms with E-state index < -0.39 is 5.97 Å². The number of carbonyl (C=O) groups is 1. The monoisotopic (exact) mass is 308 g/mol. The summed E-state index contributed by atoms with van der Waals surface area (Å²) in [5.74, 6) is -0.945. The number of nitrogens with one attached hydrogen (secondary N) is 1. The van der Waals surface area contributed by atoms with E-state index in [1.54, 1.807) is 6.20 Å². The zero-order valence-electron chi connectivity index (χ0n) is 13.4. The first-order chi connectivity index (χ1) is 11.1. The fraction of sp³-hybridized carbons (Fsp3) is 0.263. The predicted octanol–water partition coefficient (Wildman–Crippen LogP) is 3.84. The van der Waals surface area contributed by atoms with Crippen molar-refractivity contribution in [2.24, 2.45) is 0 Å². The van der Waals surface area contributed by atoms with Crippen LogP contribution >= 0.6 is 0 Å². The number of allylic oxidation sites excluding steroid dienone is 1. The number of benzene rings is 1. The van der Waals surface area contributed by atoms with Crippen LogP contribution in [0.4, 0.5) is 5.69 Å². The summed E-state index contributed by atoms with van der Waals surface area (Å²) in [5.41, 5.74) is 7.29. The highest BCUT2D eigenvalue weighted by molar-refractivity contribution is 5.94. The highest BCUT2D eigenvalue weighted by atomic mass is 16.4. The summed E-state index contributed by atoms with van der Waals surface area (Å²) in [6.07, 6.45) is 7.39. The summed E-state index contributed by atoms with van der Waals surface area (Å²) in [5, 5.41) is 12.5. The van der Waals surface area contributed by atoms with Crippen LogP contribution in [-0.2, 0) is 6.42 Å². The van der Waals surface area contributed by atoms with Gasteiger partial charge in [0.2, 0.25) is 0 Å². The van der Waals surface area contributed by atoms with Crippen molar-refractivity contribution in [1.82, 2.24) is 4.98 Å². The maximum absolute atomic E-state index is 11.3. The number of hydrogen-bond donors (Lipinski definition) is 2. The van der Waals surface area contributed by atoms with Gasteiger partial charge in [-0.05, 0) is 55.0 Å². The van der Waals surface area contributed by atoms with E-state index >= 15 is 0 Å². The van der Waals surface area contributed by atoms with Gasteiger partial charge in [0, 0.05) is 12.7 Å². The fourth-order valence-electron chi connectivity index (χ4n) is 3.20. The van der Waals surface area contributed by atoms with Gasteiger partial charge in [0.05, 0.1) is 17.4 Å². The molecule has 0 atom stereocenters. The number of aromatic carboxylic acids is 1. The zero-order valence-corrected chi connectivity index (χ0v) is 13.4. The van der Waals surface area contributed by atoms with Gasteiger partial charge >= 0.3 is 5.97 Å². The SMILES string of the molecule is Cc1cc(C)c2c(c1)C(CNc1cnccc1C(=O)O)=CCC2. The van der Waals surface area contributed by atoms with E-state index in [0.29, 0.717) is 12.2 Å². The van der Waals surface area contributed by atoms with Crippen LogP contribution in [-0.4, -0.2) is 22.6 Å². The van der Waals surface area contributed by atoms with Crippen molar-refractivity contribution in [3.8, 4) is 0 Å². The molecule has 0 bridgehead atoms. The Morgan fingerprint density at radius 2 is 2.17 bits per heavy atom. The smallest absolute Gasteiger partial charge is 0.337 e. The average Bonchev–Trinajstić information content (AvgIpc) is 2.53.